The molecule has 0 bridgehead atoms. The normalized spacial score (nSPS) is 12.2. The monoisotopic (exact) mass is 376 g/mol. The highest BCUT2D eigenvalue weighted by Crippen LogP contribution is 2.38. The fourth-order valence-corrected chi connectivity index (χ4v) is 2.23. The molecule has 1 rings (SSSR count). The highest BCUT2D eigenvalue weighted by atomic mass is 35.5. The number of hydrogen-bond donors (Lipinski definition) is 1. The van der Waals surface area contributed by atoms with Crippen molar-refractivity contribution >= 4 is 58.6 Å². The molecule has 1 unspecified atom stereocenters. The molecule has 0 aliphatic heterocycles. The van der Waals surface area contributed by atoms with Gasteiger partial charge in [0.1, 0.15) is 5.56 Å². The Morgan fingerprint density at radius 3 is 2.43 bits per heavy atom. The van der Waals surface area contributed by atoms with Gasteiger partial charge in [-0.15, -0.1) is 0 Å². The number of aliphatic imine (C=N–C) groups is 1. The SMILES string of the molecule is CC(C)OC(=O)C(C#N)C=Nc1cc(Cl)c(Cl)c(C(=O)O)c1Cl. The Bertz CT molecular complexity index is 711. The molecule has 122 valence electrons. The van der Waals surface area contributed by atoms with E-state index in [0.717, 1.165) is 6.21 Å². The van der Waals surface area contributed by atoms with Crippen LogP contribution in [0.1, 0.15) is 24.2 Å². The van der Waals surface area contributed by atoms with Crippen LogP contribution in [0.4, 0.5) is 5.69 Å². The van der Waals surface area contributed by atoms with Gasteiger partial charge >= 0.3 is 11.9 Å². The van der Waals surface area contributed by atoms with Crippen molar-refractivity contribution in [2.24, 2.45) is 10.9 Å². The van der Waals surface area contributed by atoms with Crippen molar-refractivity contribution in [2.45, 2.75) is 20.0 Å². The first-order valence-corrected chi connectivity index (χ1v) is 7.37. The minimum absolute atomic E-state index is 0.0314. The lowest BCUT2D eigenvalue weighted by molar-refractivity contribution is -0.148. The van der Waals surface area contributed by atoms with Crippen LogP contribution in [-0.4, -0.2) is 29.4 Å². The van der Waals surface area contributed by atoms with E-state index in [1.807, 2.05) is 0 Å². The lowest BCUT2D eigenvalue weighted by Crippen LogP contribution is -2.20. The largest absolute Gasteiger partial charge is 0.478 e. The molecule has 0 saturated carbocycles. The molecule has 9 heteroatoms. The molecule has 6 nitrogen and oxygen atoms in total. The van der Waals surface area contributed by atoms with E-state index >= 15 is 0 Å². The Hall–Kier alpha value is -1.81. The molecule has 1 aromatic carbocycles. The van der Waals surface area contributed by atoms with Gasteiger partial charge in [-0.05, 0) is 19.9 Å². The van der Waals surface area contributed by atoms with Crippen molar-refractivity contribution in [3.05, 3.63) is 26.7 Å². The minimum Gasteiger partial charge on any atom is -0.478 e. The van der Waals surface area contributed by atoms with Crippen LogP contribution < -0.4 is 0 Å². The van der Waals surface area contributed by atoms with Crippen LogP contribution in [0.25, 0.3) is 0 Å². The van der Waals surface area contributed by atoms with Crippen LogP contribution in [0.5, 0.6) is 0 Å². The van der Waals surface area contributed by atoms with Crippen molar-refractivity contribution in [1.82, 2.24) is 0 Å². The van der Waals surface area contributed by atoms with Crippen molar-refractivity contribution in [3.63, 3.8) is 0 Å². The van der Waals surface area contributed by atoms with Gasteiger partial charge < -0.3 is 9.84 Å². The summed E-state index contributed by atoms with van der Waals surface area (Å²) < 4.78 is 4.90. The molecule has 0 aliphatic rings. The second kappa shape index (κ2) is 8.16. The summed E-state index contributed by atoms with van der Waals surface area (Å²) >= 11 is 17.6. The van der Waals surface area contributed by atoms with Gasteiger partial charge in [-0.2, -0.15) is 5.26 Å². The summed E-state index contributed by atoms with van der Waals surface area (Å²) in [6.45, 7) is 3.27. The molecular formula is C14H11Cl3N2O4. The molecule has 0 spiro atoms. The average molecular weight is 378 g/mol. The third kappa shape index (κ3) is 4.83. The molecular weight excluding hydrogens is 367 g/mol. The van der Waals surface area contributed by atoms with Gasteiger partial charge in [0.25, 0.3) is 0 Å². The van der Waals surface area contributed by atoms with Crippen LogP contribution >= 0.6 is 34.8 Å². The molecule has 0 heterocycles. The Kier molecular flexibility index (Phi) is 6.82. The van der Waals surface area contributed by atoms with Crippen molar-refractivity contribution in [3.8, 4) is 6.07 Å². The number of nitrogens with zero attached hydrogens (tertiary/aromatic N) is 2. The Balaban J connectivity index is 3.21. The highest BCUT2D eigenvalue weighted by Gasteiger charge is 2.22. The predicted molar refractivity (Wildman–Crippen MR) is 86.9 cm³/mol. The van der Waals surface area contributed by atoms with Crippen LogP contribution in [-0.2, 0) is 9.53 Å². The number of carbonyl (C=O) groups excluding carboxylic acids is 1. The molecule has 1 atom stereocenters. The molecule has 0 radical (unpaired) electrons. The Morgan fingerprint density at radius 2 is 1.96 bits per heavy atom. The zero-order valence-corrected chi connectivity index (χ0v) is 14.3. The lowest BCUT2D eigenvalue weighted by Gasteiger charge is -2.10. The van der Waals surface area contributed by atoms with Crippen molar-refractivity contribution in [1.29, 1.82) is 5.26 Å². The third-order valence-corrected chi connectivity index (χ3v) is 3.63. The van der Waals surface area contributed by atoms with Gasteiger partial charge in [0, 0.05) is 6.21 Å². The van der Waals surface area contributed by atoms with Crippen molar-refractivity contribution < 1.29 is 19.4 Å². The second-order valence-corrected chi connectivity index (χ2v) is 5.72. The number of benzene rings is 1. The fourth-order valence-electron chi connectivity index (χ4n) is 1.48. The summed E-state index contributed by atoms with van der Waals surface area (Å²) in [4.78, 5) is 26.7. The van der Waals surface area contributed by atoms with Gasteiger partial charge in [0.2, 0.25) is 0 Å². The number of rotatable bonds is 5. The molecule has 0 fully saturated rings. The molecule has 0 saturated heterocycles. The van der Waals surface area contributed by atoms with E-state index in [4.69, 9.17) is 49.9 Å². The number of esters is 1. The number of carboxylic acid groups (broad SMARTS) is 1. The van der Waals surface area contributed by atoms with Crippen LogP contribution in [0, 0.1) is 17.2 Å². The summed E-state index contributed by atoms with van der Waals surface area (Å²) in [5.41, 5.74) is -0.442. The minimum atomic E-state index is -1.38. The van der Waals surface area contributed by atoms with Crippen molar-refractivity contribution in [2.75, 3.05) is 0 Å². The summed E-state index contributed by atoms with van der Waals surface area (Å²) in [6, 6.07) is 2.95. The average Bonchev–Trinajstić information content (AvgIpc) is 2.43. The number of carbonyl (C=O) groups is 2. The summed E-state index contributed by atoms with van der Waals surface area (Å²) in [5, 5.41) is 17.5. The van der Waals surface area contributed by atoms with Gasteiger partial charge in [0.05, 0.1) is 32.9 Å². The van der Waals surface area contributed by atoms with E-state index in [1.165, 1.54) is 6.07 Å². The molecule has 23 heavy (non-hydrogen) atoms. The Morgan fingerprint density at radius 1 is 1.35 bits per heavy atom. The quantitative estimate of drug-likeness (QED) is 0.472. The third-order valence-electron chi connectivity index (χ3n) is 2.46. The zero-order chi connectivity index (χ0) is 17.7. The maximum absolute atomic E-state index is 11.7. The lowest BCUT2D eigenvalue weighted by atomic mass is 10.1. The standard InChI is InChI=1S/C14H11Cl3N2O4/c1-6(2)23-14(22)7(4-18)5-19-9-3-8(15)11(16)10(12(9)17)13(20)21/h3,5-7H,1-2H3,(H,20,21). The fraction of sp³-hybridized carbons (Fsp3) is 0.286. The number of aromatic carboxylic acids is 1. The highest BCUT2D eigenvalue weighted by molar-refractivity contribution is 6.47. The smallest absolute Gasteiger partial charge is 0.338 e. The summed E-state index contributed by atoms with van der Waals surface area (Å²) in [5.74, 6) is -3.42. The first kappa shape index (κ1) is 19.2. The van der Waals surface area contributed by atoms with E-state index in [-0.39, 0.29) is 26.9 Å². The number of hydrogen-bond acceptors (Lipinski definition) is 5. The van der Waals surface area contributed by atoms with E-state index < -0.39 is 23.4 Å². The van der Waals surface area contributed by atoms with E-state index in [9.17, 15) is 9.59 Å². The molecule has 1 aromatic rings. The number of halogens is 3. The van der Waals surface area contributed by atoms with Gasteiger partial charge in [-0.3, -0.25) is 9.79 Å². The number of nitriles is 1. The van der Waals surface area contributed by atoms with Gasteiger partial charge in [0.15, 0.2) is 5.92 Å². The zero-order valence-electron chi connectivity index (χ0n) is 12.0. The van der Waals surface area contributed by atoms with Crippen LogP contribution in [0.3, 0.4) is 0 Å². The van der Waals surface area contributed by atoms with E-state index in [2.05, 4.69) is 4.99 Å². The predicted octanol–water partition coefficient (Wildman–Crippen LogP) is 4.14. The Labute approximate surface area is 147 Å². The number of carboxylic acids is 1. The van der Waals surface area contributed by atoms with Crippen LogP contribution in [0.2, 0.25) is 15.1 Å². The first-order chi connectivity index (χ1) is 10.7. The van der Waals surface area contributed by atoms with E-state index in [1.54, 1.807) is 19.9 Å². The maximum atomic E-state index is 11.7. The van der Waals surface area contributed by atoms with Gasteiger partial charge in [-0.25, -0.2) is 4.79 Å². The molecule has 1 N–H and O–H groups in total. The maximum Gasteiger partial charge on any atom is 0.338 e. The molecule has 0 aromatic heterocycles. The van der Waals surface area contributed by atoms with Gasteiger partial charge in [-0.1, -0.05) is 34.8 Å². The number of ether oxygens (including phenoxy) is 1. The van der Waals surface area contributed by atoms with E-state index in [0.29, 0.717) is 0 Å². The first-order valence-electron chi connectivity index (χ1n) is 6.24. The summed E-state index contributed by atoms with van der Waals surface area (Å²) in [6.07, 6.45) is 0.612. The van der Waals surface area contributed by atoms with Crippen LogP contribution in [0.15, 0.2) is 11.1 Å². The summed E-state index contributed by atoms with van der Waals surface area (Å²) in [7, 11) is 0. The molecule has 0 amide bonds. The topological polar surface area (TPSA) is 99.8 Å². The molecule has 0 aliphatic carbocycles. The second-order valence-electron chi connectivity index (χ2n) is 4.56.